The van der Waals surface area contributed by atoms with Crippen molar-refractivity contribution in [1.82, 2.24) is 67.7 Å². The molecule has 8 atom stereocenters. The number of para-hydroxylation sites is 1. The molecule has 1 aliphatic carbocycles. The number of aliphatic hydroxyl groups excluding tert-OH is 1. The number of phenols is 1. The number of aliphatic hydroxyl groups is 1. The predicted octanol–water partition coefficient (Wildman–Crippen LogP) is -2.68. The molecular formula is C60H83N17O13. The first-order chi connectivity index (χ1) is 43.0. The van der Waals surface area contributed by atoms with Crippen LogP contribution in [-0.2, 0) is 72.0 Å². The molecule has 4 heterocycles. The molecule has 4 aromatic rings. The van der Waals surface area contributed by atoms with Crippen LogP contribution in [0.2, 0.25) is 0 Å². The summed E-state index contributed by atoms with van der Waals surface area (Å²) in [7, 11) is 0. The lowest BCUT2D eigenvalue weighted by Crippen LogP contribution is -2.66. The second kappa shape index (κ2) is 32.0. The fourth-order valence-corrected chi connectivity index (χ4v) is 11.4. The Morgan fingerprint density at radius 2 is 1.39 bits per heavy atom. The van der Waals surface area contributed by atoms with E-state index in [0.717, 1.165) is 0 Å². The number of carbonyl (C=O) groups excluding carboxylic acids is 11. The van der Waals surface area contributed by atoms with Crippen molar-refractivity contribution < 1.29 is 63.0 Å². The van der Waals surface area contributed by atoms with Crippen molar-refractivity contribution in [2.45, 2.75) is 164 Å². The van der Waals surface area contributed by atoms with Crippen molar-refractivity contribution in [3.8, 4) is 5.75 Å². The quantitative estimate of drug-likeness (QED) is 0.0139. The Bertz CT molecular complexity index is 3230. The molecule has 0 unspecified atom stereocenters. The van der Waals surface area contributed by atoms with Gasteiger partial charge in [0.25, 0.3) is 0 Å². The number of aliphatic imine (C=N–C) groups is 1. The van der Waals surface area contributed by atoms with Gasteiger partial charge in [0.05, 0.1) is 19.5 Å². The van der Waals surface area contributed by atoms with Crippen LogP contribution in [0.5, 0.6) is 5.75 Å². The van der Waals surface area contributed by atoms with Crippen LogP contribution in [0.15, 0.2) is 72.2 Å². The van der Waals surface area contributed by atoms with E-state index in [9.17, 15) is 58.2 Å². The molecular weight excluding hydrogens is 1170 g/mol. The Balaban J connectivity index is 1.11. The van der Waals surface area contributed by atoms with Crippen LogP contribution >= 0.6 is 0 Å². The van der Waals surface area contributed by atoms with Gasteiger partial charge in [0.1, 0.15) is 59.6 Å². The number of aromatic nitrogens is 3. The molecule has 30 heteroatoms. The number of fused-ring (bicyclic) bond motifs is 1. The van der Waals surface area contributed by atoms with Crippen molar-refractivity contribution in [2.75, 3.05) is 26.2 Å². The third-order valence-corrected chi connectivity index (χ3v) is 16.1. The highest BCUT2D eigenvalue weighted by molar-refractivity contribution is 6.00. The van der Waals surface area contributed by atoms with E-state index in [4.69, 9.17) is 17.2 Å². The maximum absolute atomic E-state index is 15.0. The molecule has 19 N–H and O–H groups in total. The van der Waals surface area contributed by atoms with Gasteiger partial charge in [-0.1, -0.05) is 63.4 Å². The van der Waals surface area contributed by atoms with Crippen molar-refractivity contribution in [2.24, 2.45) is 28.1 Å². The smallest absolute Gasteiger partial charge is 0.246 e. The number of benzene rings is 2. The minimum absolute atomic E-state index is 0.0195. The highest BCUT2D eigenvalue weighted by atomic mass is 16.3. The van der Waals surface area contributed by atoms with Gasteiger partial charge in [-0.15, -0.1) is 0 Å². The molecule has 30 nitrogen and oxygen atoms in total. The molecule has 0 spiro atoms. The number of rotatable bonds is 31. The molecule has 3 aliphatic rings. The number of imidazole rings is 1. The molecule has 3 fully saturated rings. The number of primary amides is 1. The first-order valence-electron chi connectivity index (χ1n) is 30.3. The molecule has 2 aromatic heterocycles. The normalized spacial score (nSPS) is 18.1. The monoisotopic (exact) mass is 1250 g/mol. The van der Waals surface area contributed by atoms with Crippen LogP contribution in [0.1, 0.15) is 108 Å². The zero-order chi connectivity index (χ0) is 65.1. The molecule has 2 aromatic carbocycles. The second-order valence-corrected chi connectivity index (χ2v) is 23.5. The number of guanidine groups is 1. The number of phenolic OH excluding ortho intramolecular Hbond substituents is 1. The molecule has 90 heavy (non-hydrogen) atoms. The lowest BCUT2D eigenvalue weighted by molar-refractivity contribution is -0.142. The van der Waals surface area contributed by atoms with Crippen LogP contribution in [0, 0.1) is 5.92 Å². The molecule has 0 radical (unpaired) electrons. The topological polar surface area (TPSA) is 475 Å². The maximum Gasteiger partial charge on any atom is 0.246 e. The zero-order valence-corrected chi connectivity index (χ0v) is 50.4. The van der Waals surface area contributed by atoms with Gasteiger partial charge in [0, 0.05) is 67.8 Å². The van der Waals surface area contributed by atoms with Crippen LogP contribution in [0.3, 0.4) is 0 Å². The fraction of sp³-hybridized carbons (Fsp3) is 0.517. The van der Waals surface area contributed by atoms with Gasteiger partial charge in [-0.2, -0.15) is 0 Å². The van der Waals surface area contributed by atoms with Crippen LogP contribution in [0.25, 0.3) is 10.9 Å². The Hall–Kier alpha value is -9.61. The Kier molecular flexibility index (Phi) is 24.2. The van der Waals surface area contributed by atoms with E-state index in [-0.39, 0.29) is 107 Å². The third kappa shape index (κ3) is 19.0. The predicted molar refractivity (Wildman–Crippen MR) is 326 cm³/mol. The summed E-state index contributed by atoms with van der Waals surface area (Å²) in [6.07, 6.45) is 7.12. The molecule has 0 bridgehead atoms. The average Bonchev–Trinajstić information content (AvgIpc) is 1.20. The Morgan fingerprint density at radius 1 is 0.733 bits per heavy atom. The van der Waals surface area contributed by atoms with E-state index >= 15 is 4.79 Å². The van der Waals surface area contributed by atoms with Gasteiger partial charge in [-0.3, -0.25) is 57.7 Å². The minimum atomic E-state index is -1.76. The number of hydrogen-bond donors (Lipinski definition) is 16. The van der Waals surface area contributed by atoms with Crippen LogP contribution in [0.4, 0.5) is 0 Å². The molecule has 1 saturated carbocycles. The van der Waals surface area contributed by atoms with Gasteiger partial charge in [0.2, 0.25) is 65.0 Å². The summed E-state index contributed by atoms with van der Waals surface area (Å²) in [6, 6.07) is 2.50. The number of amides is 11. The number of likely N-dealkylation sites (tertiary alicyclic amines) is 1. The number of nitrogens with two attached hydrogens (primary N) is 3. The number of nitrogens with zero attached hydrogens (tertiary/aromatic N) is 3. The Labute approximate surface area is 519 Å². The van der Waals surface area contributed by atoms with E-state index in [1.807, 2.05) is 19.9 Å². The van der Waals surface area contributed by atoms with Crippen LogP contribution in [-0.4, -0.2) is 181 Å². The fourth-order valence-electron chi connectivity index (χ4n) is 11.4. The highest BCUT2D eigenvalue weighted by Gasteiger charge is 2.45. The van der Waals surface area contributed by atoms with Gasteiger partial charge in [-0.25, -0.2) is 4.98 Å². The summed E-state index contributed by atoms with van der Waals surface area (Å²) >= 11 is 0. The maximum atomic E-state index is 15.0. The molecule has 7 rings (SSSR count). The first-order valence-corrected chi connectivity index (χ1v) is 30.3. The lowest BCUT2D eigenvalue weighted by Gasteiger charge is -2.39. The molecule has 486 valence electrons. The summed E-state index contributed by atoms with van der Waals surface area (Å²) in [5, 5.41) is 45.9. The molecule has 11 amide bonds. The zero-order valence-electron chi connectivity index (χ0n) is 50.4. The summed E-state index contributed by atoms with van der Waals surface area (Å²) in [5.74, 6) is -8.56. The minimum Gasteiger partial charge on any atom is -0.508 e. The first kappa shape index (κ1) is 67.9. The summed E-state index contributed by atoms with van der Waals surface area (Å²) in [5.41, 5.74) is 16.9. The van der Waals surface area contributed by atoms with E-state index < -0.39 is 126 Å². The van der Waals surface area contributed by atoms with Crippen LogP contribution < -0.4 is 65.1 Å². The van der Waals surface area contributed by atoms with Crippen molar-refractivity contribution in [3.63, 3.8) is 0 Å². The van der Waals surface area contributed by atoms with Gasteiger partial charge in [-0.05, 0) is 86.6 Å². The summed E-state index contributed by atoms with van der Waals surface area (Å²) in [6.45, 7) is 2.45. The van der Waals surface area contributed by atoms with Crippen molar-refractivity contribution in [3.05, 3.63) is 84.1 Å². The largest absolute Gasteiger partial charge is 0.508 e. The van der Waals surface area contributed by atoms with Gasteiger partial charge < -0.3 is 90.1 Å². The lowest BCUT2D eigenvalue weighted by atomic mass is 9.80. The number of aromatic hydroxyl groups is 1. The number of aromatic amines is 2. The van der Waals surface area contributed by atoms with Gasteiger partial charge in [0.15, 0.2) is 5.96 Å². The second-order valence-electron chi connectivity index (χ2n) is 23.5. The summed E-state index contributed by atoms with van der Waals surface area (Å²) < 4.78 is 0. The van der Waals surface area contributed by atoms with E-state index in [1.165, 1.54) is 41.7 Å². The number of hydrogen-bond acceptors (Lipinski definition) is 15. The number of nitrogens with one attached hydrogen (secondary N) is 11. The molecule has 2 saturated heterocycles. The third-order valence-electron chi connectivity index (χ3n) is 16.1. The Morgan fingerprint density at radius 3 is 2.03 bits per heavy atom. The summed E-state index contributed by atoms with van der Waals surface area (Å²) in [4.78, 5) is 168. The van der Waals surface area contributed by atoms with Gasteiger partial charge >= 0.3 is 0 Å². The SMILES string of the molecule is CC(C)C[C@H](NC(=O)C1(NC(=O)[C@H](Cc2ccc(O)cc2)NC(=O)[C@H](CO)NC(=O)[C@H](Cc2c[nH]c3ccccc23)NC(=O)[C@H](Cc2cnc[nH]2)NC(=O)[C@@H]2CCC(=O)N2)CCCCC1)C(=O)N[C@@H](CCCN=C(N)N)C(=O)N1CCC[C@H]1C(=O)NCC(N)=O. The standard InChI is InChI=1S/C60H83N17O13/c1-33(2)24-42(51(83)70-41(12-8-22-65-59(62)63)57(89)77-23-9-13-47(77)56(88)67-30-48(61)80)75-58(90)60(20-6-3-7-21-60)76-55(87)43(25-34-14-16-37(79)17-15-34)71-54(86)46(31-78)74-52(84)44(26-35-28-66-39-11-5-4-10-38(35)39)72-53(85)45(27-36-29-64-32-68-36)73-50(82)40-18-19-49(81)69-40/h4-5,10-11,14-17,28-29,32-33,40-47,66,78-79H,3,6-9,12-13,18-27,30-31H2,1-2H3,(H2,61,80)(H,64,68)(H,67,88)(H,69,81)(H,70,83)(H,71,86)(H,72,85)(H,73,82)(H,74,84)(H,75,90)(H,76,87)(H4,62,63,65)/t40-,41-,42-,43-,44-,45-,46-,47-/m0/s1. The highest BCUT2D eigenvalue weighted by Crippen LogP contribution is 2.30. The van der Waals surface area contributed by atoms with E-state index in [0.29, 0.717) is 53.4 Å². The van der Waals surface area contributed by atoms with Crippen molar-refractivity contribution >= 4 is 81.8 Å². The number of carbonyl (C=O) groups is 11. The van der Waals surface area contributed by atoms with E-state index in [2.05, 4.69) is 67.8 Å². The van der Waals surface area contributed by atoms with E-state index in [1.54, 1.807) is 24.4 Å². The molecule has 2 aliphatic heterocycles. The average molecular weight is 1250 g/mol. The number of H-pyrrole nitrogens is 2. The van der Waals surface area contributed by atoms with Crippen molar-refractivity contribution in [1.29, 1.82) is 0 Å².